The number of hydrogen-bond donors (Lipinski definition) is 1. The van der Waals surface area contributed by atoms with Crippen LogP contribution in [0.1, 0.15) is 13.8 Å². The number of H-pyrrole nitrogens is 1. The molecular formula is C13H21N5OS. The Labute approximate surface area is 123 Å². The summed E-state index contributed by atoms with van der Waals surface area (Å²) in [5.74, 6) is 0.519. The second-order valence-corrected chi connectivity index (χ2v) is 6.39. The van der Waals surface area contributed by atoms with Crippen molar-refractivity contribution in [2.24, 2.45) is 5.41 Å². The van der Waals surface area contributed by atoms with E-state index in [9.17, 15) is 0 Å². The van der Waals surface area contributed by atoms with Crippen LogP contribution in [0.2, 0.25) is 0 Å². The van der Waals surface area contributed by atoms with E-state index in [1.165, 1.54) is 6.33 Å². The lowest BCUT2D eigenvalue weighted by Gasteiger charge is -2.28. The molecule has 110 valence electrons. The van der Waals surface area contributed by atoms with Gasteiger partial charge in [0, 0.05) is 13.1 Å². The molecule has 0 aliphatic carbocycles. The molecule has 2 aromatic rings. The normalized spacial score (nSPS) is 12.3. The van der Waals surface area contributed by atoms with E-state index < -0.39 is 0 Å². The summed E-state index contributed by atoms with van der Waals surface area (Å²) >= 11 is 5.41. The van der Waals surface area contributed by atoms with Gasteiger partial charge in [0.2, 0.25) is 5.88 Å². The van der Waals surface area contributed by atoms with Crippen molar-refractivity contribution in [1.29, 1.82) is 0 Å². The number of imidazole rings is 1. The summed E-state index contributed by atoms with van der Waals surface area (Å²) in [5.41, 5.74) is 1.61. The number of nitrogens with zero attached hydrogens (tertiary/aromatic N) is 4. The maximum atomic E-state index is 5.41. The Bertz CT molecular complexity index is 658. The minimum atomic E-state index is 0.0784. The lowest BCUT2D eigenvalue weighted by Crippen LogP contribution is -2.32. The Balaban J connectivity index is 2.45. The van der Waals surface area contributed by atoms with Gasteiger partial charge in [-0.15, -0.1) is 0 Å². The van der Waals surface area contributed by atoms with Crippen molar-refractivity contribution in [1.82, 2.24) is 24.4 Å². The summed E-state index contributed by atoms with van der Waals surface area (Å²) in [4.78, 5) is 13.7. The molecule has 0 saturated heterocycles. The van der Waals surface area contributed by atoms with E-state index in [-0.39, 0.29) is 5.41 Å². The van der Waals surface area contributed by atoms with E-state index in [1.807, 2.05) is 4.57 Å². The first-order chi connectivity index (χ1) is 9.34. The molecule has 1 N–H and O–H groups in total. The largest absolute Gasteiger partial charge is 0.479 e. The zero-order valence-corrected chi connectivity index (χ0v) is 13.4. The molecule has 0 unspecified atom stereocenters. The molecule has 20 heavy (non-hydrogen) atoms. The number of ether oxygens (including phenoxy) is 1. The molecule has 2 heterocycles. The number of nitrogens with one attached hydrogen (secondary N) is 1. The van der Waals surface area contributed by atoms with Gasteiger partial charge in [-0.25, -0.2) is 4.98 Å². The maximum absolute atomic E-state index is 5.41. The highest BCUT2D eigenvalue weighted by Gasteiger charge is 2.22. The Kier molecular flexibility index (Phi) is 4.10. The summed E-state index contributed by atoms with van der Waals surface area (Å²) in [6.07, 6.45) is 1.50. The number of hydrogen-bond acceptors (Lipinski definition) is 5. The maximum Gasteiger partial charge on any atom is 0.242 e. The standard InChI is InChI=1S/C13H21N5OS/c1-13(2,6-17(3)4)7-18-10-9(16-12(18)20)11(19-5)15-8-14-10/h8H,6-7H2,1-5H3,(H,16,20). The van der Waals surface area contributed by atoms with Crippen molar-refractivity contribution in [3.63, 3.8) is 0 Å². The van der Waals surface area contributed by atoms with Gasteiger partial charge in [-0.1, -0.05) is 13.8 Å². The molecule has 0 fully saturated rings. The first-order valence-electron chi connectivity index (χ1n) is 6.46. The fourth-order valence-electron chi connectivity index (χ4n) is 2.58. The van der Waals surface area contributed by atoms with E-state index in [1.54, 1.807) is 7.11 Å². The third-order valence-electron chi connectivity index (χ3n) is 3.05. The molecule has 0 aliphatic rings. The quantitative estimate of drug-likeness (QED) is 0.856. The molecule has 0 aliphatic heterocycles. The molecule has 0 atom stereocenters. The van der Waals surface area contributed by atoms with Crippen LogP contribution < -0.4 is 4.74 Å². The molecule has 0 radical (unpaired) electrons. The average molecular weight is 295 g/mol. The lowest BCUT2D eigenvalue weighted by atomic mass is 9.93. The molecular weight excluding hydrogens is 274 g/mol. The fourth-order valence-corrected chi connectivity index (χ4v) is 2.83. The predicted octanol–water partition coefficient (Wildman–Crippen LogP) is 2.09. The minimum absolute atomic E-state index is 0.0784. The summed E-state index contributed by atoms with van der Waals surface area (Å²) in [6, 6.07) is 0. The lowest BCUT2D eigenvalue weighted by molar-refractivity contribution is 0.212. The first kappa shape index (κ1) is 14.9. The molecule has 0 amide bonds. The molecule has 0 aromatic carbocycles. The van der Waals surface area contributed by atoms with Crippen LogP contribution >= 0.6 is 12.2 Å². The third kappa shape index (κ3) is 2.99. The monoisotopic (exact) mass is 295 g/mol. The van der Waals surface area contributed by atoms with Crippen molar-refractivity contribution in [3.05, 3.63) is 11.1 Å². The SMILES string of the molecule is COc1ncnc2c1[nH]c(=S)n2CC(C)(C)CN(C)C. The molecule has 2 rings (SSSR count). The Hall–Kier alpha value is -1.47. The third-order valence-corrected chi connectivity index (χ3v) is 3.37. The average Bonchev–Trinajstić information content (AvgIpc) is 2.64. The van der Waals surface area contributed by atoms with E-state index in [2.05, 4.69) is 47.8 Å². The van der Waals surface area contributed by atoms with E-state index in [0.717, 1.165) is 24.3 Å². The summed E-state index contributed by atoms with van der Waals surface area (Å²) in [7, 11) is 5.73. The van der Waals surface area contributed by atoms with Gasteiger partial charge in [-0.2, -0.15) is 4.98 Å². The Morgan fingerprint density at radius 2 is 2.10 bits per heavy atom. The molecule has 0 bridgehead atoms. The molecule has 0 saturated carbocycles. The zero-order valence-electron chi connectivity index (χ0n) is 12.6. The van der Waals surface area contributed by atoms with Gasteiger partial charge < -0.3 is 19.2 Å². The summed E-state index contributed by atoms with van der Waals surface area (Å²) < 4.78 is 7.90. The highest BCUT2D eigenvalue weighted by Crippen LogP contribution is 2.25. The molecule has 0 spiro atoms. The number of aromatic amines is 1. The van der Waals surface area contributed by atoms with Crippen LogP contribution in [0.15, 0.2) is 6.33 Å². The van der Waals surface area contributed by atoms with E-state index in [0.29, 0.717) is 10.7 Å². The van der Waals surface area contributed by atoms with Gasteiger partial charge in [0.15, 0.2) is 10.4 Å². The van der Waals surface area contributed by atoms with Crippen molar-refractivity contribution >= 4 is 23.4 Å². The predicted molar refractivity (Wildman–Crippen MR) is 81.6 cm³/mol. The number of rotatable bonds is 5. The van der Waals surface area contributed by atoms with Crippen molar-refractivity contribution < 1.29 is 4.74 Å². The van der Waals surface area contributed by atoms with Gasteiger partial charge in [0.05, 0.1) is 7.11 Å². The van der Waals surface area contributed by atoms with Gasteiger partial charge in [-0.3, -0.25) is 0 Å². The van der Waals surface area contributed by atoms with Crippen LogP contribution in [0.3, 0.4) is 0 Å². The van der Waals surface area contributed by atoms with Crippen LogP contribution in [-0.2, 0) is 6.54 Å². The molecule has 2 aromatic heterocycles. The second kappa shape index (κ2) is 5.49. The number of fused-ring (bicyclic) bond motifs is 1. The van der Waals surface area contributed by atoms with Crippen LogP contribution in [0.25, 0.3) is 11.2 Å². The Morgan fingerprint density at radius 1 is 1.40 bits per heavy atom. The molecule has 6 nitrogen and oxygen atoms in total. The van der Waals surface area contributed by atoms with Crippen LogP contribution in [0.5, 0.6) is 5.88 Å². The van der Waals surface area contributed by atoms with E-state index in [4.69, 9.17) is 17.0 Å². The molecule has 7 heteroatoms. The Morgan fingerprint density at radius 3 is 2.70 bits per heavy atom. The van der Waals surface area contributed by atoms with E-state index >= 15 is 0 Å². The number of methoxy groups -OCH3 is 1. The minimum Gasteiger partial charge on any atom is -0.479 e. The summed E-state index contributed by atoms with van der Waals surface area (Å²) in [5, 5.41) is 0. The smallest absolute Gasteiger partial charge is 0.242 e. The van der Waals surface area contributed by atoms with Crippen LogP contribution in [-0.4, -0.2) is 52.2 Å². The zero-order chi connectivity index (χ0) is 14.9. The van der Waals surface area contributed by atoms with Gasteiger partial charge in [0.25, 0.3) is 0 Å². The summed E-state index contributed by atoms with van der Waals surface area (Å²) in [6.45, 7) is 6.17. The highest BCUT2D eigenvalue weighted by molar-refractivity contribution is 7.71. The van der Waals surface area contributed by atoms with Crippen LogP contribution in [0, 0.1) is 10.2 Å². The highest BCUT2D eigenvalue weighted by atomic mass is 32.1. The van der Waals surface area contributed by atoms with Gasteiger partial charge >= 0.3 is 0 Å². The number of aromatic nitrogens is 4. The second-order valence-electron chi connectivity index (χ2n) is 6.00. The van der Waals surface area contributed by atoms with Gasteiger partial charge in [0.1, 0.15) is 11.8 Å². The van der Waals surface area contributed by atoms with Crippen molar-refractivity contribution in [2.45, 2.75) is 20.4 Å². The van der Waals surface area contributed by atoms with Gasteiger partial charge in [-0.05, 0) is 31.7 Å². The van der Waals surface area contributed by atoms with Crippen molar-refractivity contribution in [3.8, 4) is 5.88 Å². The topological polar surface area (TPSA) is 59.0 Å². The van der Waals surface area contributed by atoms with Crippen LogP contribution in [0.4, 0.5) is 0 Å². The van der Waals surface area contributed by atoms with Crippen molar-refractivity contribution in [2.75, 3.05) is 27.7 Å². The first-order valence-corrected chi connectivity index (χ1v) is 6.87. The fraction of sp³-hybridized carbons (Fsp3) is 0.615.